The molecule has 4 N–H and O–H groups in total. The fraction of sp³-hybridized carbons (Fsp3) is 0.333. The van der Waals surface area contributed by atoms with Crippen molar-refractivity contribution in [3.63, 3.8) is 0 Å². The van der Waals surface area contributed by atoms with Gasteiger partial charge >= 0.3 is 11.9 Å². The van der Waals surface area contributed by atoms with Gasteiger partial charge in [-0.1, -0.05) is 42.5 Å². The number of hydrogen-bond acceptors (Lipinski definition) is 8. The standard InChI is InChI=1S/C24H26O8/c1-23(2,30)18(26)12-16-11-14(9-10-17(16)25)13-24(22(29)31-3)19(20(27)21(28)32-24)15-7-5-4-6-8-15/h4-11,18,25-27,30H,12-13H2,1-3H3. The lowest BCUT2D eigenvalue weighted by molar-refractivity contribution is -0.169. The van der Waals surface area contributed by atoms with E-state index in [2.05, 4.69) is 0 Å². The predicted octanol–water partition coefficient (Wildman–Crippen LogP) is 2.05. The third kappa shape index (κ3) is 4.32. The average Bonchev–Trinajstić information content (AvgIpc) is 3.00. The van der Waals surface area contributed by atoms with Crippen LogP contribution in [0.5, 0.6) is 5.75 Å². The van der Waals surface area contributed by atoms with E-state index in [1.54, 1.807) is 36.4 Å². The Morgan fingerprint density at radius 3 is 2.41 bits per heavy atom. The molecular formula is C24H26O8. The Labute approximate surface area is 185 Å². The van der Waals surface area contributed by atoms with E-state index >= 15 is 0 Å². The largest absolute Gasteiger partial charge is 0.508 e. The molecule has 2 aromatic carbocycles. The lowest BCUT2D eigenvalue weighted by atomic mass is 9.82. The van der Waals surface area contributed by atoms with Crippen molar-refractivity contribution in [3.05, 3.63) is 71.0 Å². The highest BCUT2D eigenvalue weighted by molar-refractivity contribution is 6.11. The van der Waals surface area contributed by atoms with Crippen LogP contribution in [0.15, 0.2) is 54.3 Å². The minimum atomic E-state index is -1.94. The van der Waals surface area contributed by atoms with E-state index in [1.807, 2.05) is 0 Å². The van der Waals surface area contributed by atoms with Crippen molar-refractivity contribution in [1.82, 2.24) is 0 Å². The number of benzene rings is 2. The zero-order chi connectivity index (χ0) is 23.7. The summed E-state index contributed by atoms with van der Waals surface area (Å²) in [5.41, 5.74) is -2.14. The minimum absolute atomic E-state index is 0.0129. The molecular weight excluding hydrogens is 416 g/mol. The summed E-state index contributed by atoms with van der Waals surface area (Å²) < 4.78 is 10.3. The lowest BCUT2D eigenvalue weighted by Crippen LogP contribution is -2.44. The number of phenolic OH excluding ortho intramolecular Hbond substituents is 1. The summed E-state index contributed by atoms with van der Waals surface area (Å²) in [6.07, 6.45) is -1.40. The normalized spacial score (nSPS) is 19.6. The van der Waals surface area contributed by atoms with Gasteiger partial charge in [-0.05, 0) is 36.6 Å². The molecule has 0 spiro atoms. The van der Waals surface area contributed by atoms with E-state index in [9.17, 15) is 30.0 Å². The summed E-state index contributed by atoms with van der Waals surface area (Å²) in [6, 6.07) is 12.9. The third-order valence-corrected chi connectivity index (χ3v) is 5.50. The van der Waals surface area contributed by atoms with Crippen molar-refractivity contribution in [3.8, 4) is 5.75 Å². The maximum Gasteiger partial charge on any atom is 0.375 e. The van der Waals surface area contributed by atoms with Gasteiger partial charge in [0.25, 0.3) is 0 Å². The first-order chi connectivity index (χ1) is 15.0. The van der Waals surface area contributed by atoms with Gasteiger partial charge in [-0.15, -0.1) is 0 Å². The van der Waals surface area contributed by atoms with E-state index in [0.717, 1.165) is 7.11 Å². The molecule has 1 aliphatic rings. The van der Waals surface area contributed by atoms with Gasteiger partial charge in [0, 0.05) is 12.8 Å². The highest BCUT2D eigenvalue weighted by Gasteiger charge is 2.55. The smallest absolute Gasteiger partial charge is 0.375 e. The van der Waals surface area contributed by atoms with Crippen LogP contribution in [0, 0.1) is 0 Å². The van der Waals surface area contributed by atoms with E-state index in [0.29, 0.717) is 16.7 Å². The first-order valence-electron chi connectivity index (χ1n) is 10.0. The SMILES string of the molecule is COC(=O)C1(Cc2ccc(O)c(CC(O)C(C)(C)O)c2)OC(=O)C(O)=C1c1ccccc1. The molecule has 0 aliphatic carbocycles. The molecule has 0 radical (unpaired) electrons. The predicted molar refractivity (Wildman–Crippen MR) is 115 cm³/mol. The Kier molecular flexibility index (Phi) is 6.29. The second kappa shape index (κ2) is 8.64. The first kappa shape index (κ1) is 23.3. The van der Waals surface area contributed by atoms with Crippen LogP contribution in [0.3, 0.4) is 0 Å². The first-order valence-corrected chi connectivity index (χ1v) is 10.0. The van der Waals surface area contributed by atoms with Crippen LogP contribution in [-0.2, 0) is 31.9 Å². The van der Waals surface area contributed by atoms with Gasteiger partial charge in [0.15, 0.2) is 0 Å². The summed E-state index contributed by atoms with van der Waals surface area (Å²) in [5.74, 6) is -2.71. The number of methoxy groups -OCH3 is 1. The second-order valence-electron chi connectivity index (χ2n) is 8.31. The zero-order valence-corrected chi connectivity index (χ0v) is 18.0. The molecule has 170 valence electrons. The van der Waals surface area contributed by atoms with Crippen LogP contribution in [0.25, 0.3) is 5.57 Å². The molecule has 3 rings (SSSR count). The summed E-state index contributed by atoms with van der Waals surface area (Å²) in [6.45, 7) is 2.89. The molecule has 2 aromatic rings. The summed E-state index contributed by atoms with van der Waals surface area (Å²) in [5, 5.41) is 40.9. The van der Waals surface area contributed by atoms with E-state index in [4.69, 9.17) is 9.47 Å². The van der Waals surface area contributed by atoms with Gasteiger partial charge in [-0.25, -0.2) is 9.59 Å². The summed E-state index contributed by atoms with van der Waals surface area (Å²) in [4.78, 5) is 25.2. The molecule has 8 heteroatoms. The second-order valence-corrected chi connectivity index (χ2v) is 8.31. The molecule has 0 saturated carbocycles. The summed E-state index contributed by atoms with van der Waals surface area (Å²) >= 11 is 0. The molecule has 0 saturated heterocycles. The molecule has 0 bridgehead atoms. The van der Waals surface area contributed by atoms with Crippen LogP contribution in [-0.4, -0.2) is 56.8 Å². The molecule has 2 unspecified atom stereocenters. The third-order valence-electron chi connectivity index (χ3n) is 5.50. The Balaban J connectivity index is 2.07. The topological polar surface area (TPSA) is 134 Å². The van der Waals surface area contributed by atoms with Crippen LogP contribution < -0.4 is 0 Å². The van der Waals surface area contributed by atoms with Crippen molar-refractivity contribution < 1.29 is 39.5 Å². The van der Waals surface area contributed by atoms with Crippen molar-refractivity contribution in [2.24, 2.45) is 0 Å². The van der Waals surface area contributed by atoms with Crippen molar-refractivity contribution >= 4 is 17.5 Å². The number of carbonyl (C=O) groups is 2. The van der Waals surface area contributed by atoms with Gasteiger partial charge in [0.1, 0.15) is 5.75 Å². The molecule has 8 nitrogen and oxygen atoms in total. The van der Waals surface area contributed by atoms with Crippen LogP contribution in [0.2, 0.25) is 0 Å². The monoisotopic (exact) mass is 442 g/mol. The maximum absolute atomic E-state index is 12.9. The van der Waals surface area contributed by atoms with Crippen molar-refractivity contribution in [2.45, 2.75) is 44.0 Å². The number of esters is 2. The van der Waals surface area contributed by atoms with Gasteiger partial charge < -0.3 is 29.9 Å². The number of phenols is 1. The number of aliphatic hydroxyl groups is 3. The van der Waals surface area contributed by atoms with Gasteiger partial charge in [-0.3, -0.25) is 0 Å². The number of hydrogen-bond donors (Lipinski definition) is 4. The number of ether oxygens (including phenoxy) is 2. The molecule has 0 amide bonds. The Morgan fingerprint density at radius 2 is 1.81 bits per heavy atom. The highest BCUT2D eigenvalue weighted by atomic mass is 16.6. The zero-order valence-electron chi connectivity index (χ0n) is 18.0. The van der Waals surface area contributed by atoms with E-state index < -0.39 is 35.0 Å². The fourth-order valence-electron chi connectivity index (χ4n) is 3.69. The quantitative estimate of drug-likeness (QED) is 0.479. The number of cyclic esters (lactones) is 1. The van der Waals surface area contributed by atoms with Crippen molar-refractivity contribution in [2.75, 3.05) is 7.11 Å². The van der Waals surface area contributed by atoms with E-state index in [-0.39, 0.29) is 24.2 Å². The van der Waals surface area contributed by atoms with Gasteiger partial charge in [0.05, 0.1) is 24.4 Å². The molecule has 2 atom stereocenters. The molecule has 1 heterocycles. The number of carbonyl (C=O) groups excluding carboxylic acids is 2. The van der Waals surface area contributed by atoms with Crippen LogP contribution >= 0.6 is 0 Å². The van der Waals surface area contributed by atoms with E-state index in [1.165, 1.54) is 26.0 Å². The fourth-order valence-corrected chi connectivity index (χ4v) is 3.69. The average molecular weight is 442 g/mol. The van der Waals surface area contributed by atoms with Gasteiger partial charge in [0.2, 0.25) is 11.4 Å². The minimum Gasteiger partial charge on any atom is -0.508 e. The number of aliphatic hydroxyl groups excluding tert-OH is 2. The number of aromatic hydroxyl groups is 1. The molecule has 1 aliphatic heterocycles. The van der Waals surface area contributed by atoms with Crippen LogP contribution in [0.4, 0.5) is 0 Å². The Bertz CT molecular complexity index is 1050. The Hall–Kier alpha value is -3.36. The molecule has 32 heavy (non-hydrogen) atoms. The molecule has 0 fully saturated rings. The molecule has 0 aromatic heterocycles. The summed E-state index contributed by atoms with van der Waals surface area (Å²) in [7, 11) is 1.15. The van der Waals surface area contributed by atoms with Crippen molar-refractivity contribution in [1.29, 1.82) is 0 Å². The highest BCUT2D eigenvalue weighted by Crippen LogP contribution is 2.42. The van der Waals surface area contributed by atoms with Gasteiger partial charge in [-0.2, -0.15) is 0 Å². The Morgan fingerprint density at radius 1 is 1.16 bits per heavy atom. The lowest BCUT2D eigenvalue weighted by Gasteiger charge is -2.28. The maximum atomic E-state index is 12.9. The van der Waals surface area contributed by atoms with Crippen LogP contribution in [0.1, 0.15) is 30.5 Å². The number of rotatable bonds is 7.